The Morgan fingerprint density at radius 3 is 2.83 bits per heavy atom. The average Bonchev–Trinajstić information content (AvgIpc) is 2.77. The molecule has 1 aromatic carbocycles. The van der Waals surface area contributed by atoms with E-state index in [4.69, 9.17) is 5.73 Å². The number of rotatable bonds is 2. The minimum absolute atomic E-state index is 0. The van der Waals surface area contributed by atoms with Crippen molar-refractivity contribution in [2.75, 3.05) is 19.6 Å². The highest BCUT2D eigenvalue weighted by Crippen LogP contribution is 2.22. The number of benzene rings is 1. The molecule has 0 aliphatic carbocycles. The first-order valence-corrected chi connectivity index (χ1v) is 6.64. The summed E-state index contributed by atoms with van der Waals surface area (Å²) >= 11 is 1.99. The van der Waals surface area contributed by atoms with Gasteiger partial charge in [-0.2, -0.15) is 0 Å². The molecular formula is C12H15ClFIN2O. The van der Waals surface area contributed by atoms with E-state index in [0.717, 1.165) is 6.42 Å². The van der Waals surface area contributed by atoms with Crippen LogP contribution in [-0.2, 0) is 0 Å². The Kier molecular flexibility index (Phi) is 5.81. The SMILES string of the molecule is Cl.NCC1CCN(C(=O)c2c(F)cccc2I)C1. The third-order valence-corrected chi connectivity index (χ3v) is 3.98. The van der Waals surface area contributed by atoms with Crippen molar-refractivity contribution in [3.05, 3.63) is 33.1 Å². The van der Waals surface area contributed by atoms with Gasteiger partial charge in [0.05, 0.1) is 5.56 Å². The van der Waals surface area contributed by atoms with Gasteiger partial charge in [-0.3, -0.25) is 4.79 Å². The van der Waals surface area contributed by atoms with Gasteiger partial charge in [0.2, 0.25) is 0 Å². The zero-order valence-corrected chi connectivity index (χ0v) is 12.7. The summed E-state index contributed by atoms with van der Waals surface area (Å²) in [5, 5.41) is 0. The monoisotopic (exact) mass is 384 g/mol. The van der Waals surface area contributed by atoms with Gasteiger partial charge in [-0.25, -0.2) is 4.39 Å². The quantitative estimate of drug-likeness (QED) is 0.795. The van der Waals surface area contributed by atoms with Gasteiger partial charge in [0.1, 0.15) is 5.82 Å². The molecule has 6 heteroatoms. The maximum atomic E-state index is 13.7. The molecule has 1 aliphatic heterocycles. The number of carbonyl (C=O) groups excluding carboxylic acids is 1. The molecule has 1 saturated heterocycles. The molecule has 0 spiro atoms. The van der Waals surface area contributed by atoms with Crippen molar-refractivity contribution in [2.45, 2.75) is 6.42 Å². The molecule has 2 N–H and O–H groups in total. The first kappa shape index (κ1) is 15.7. The first-order chi connectivity index (χ1) is 8.13. The summed E-state index contributed by atoms with van der Waals surface area (Å²) in [6, 6.07) is 4.68. The number of carbonyl (C=O) groups is 1. The molecule has 3 nitrogen and oxygen atoms in total. The van der Waals surface area contributed by atoms with Gasteiger partial charge in [-0.15, -0.1) is 12.4 Å². The van der Waals surface area contributed by atoms with Crippen LogP contribution >= 0.6 is 35.0 Å². The summed E-state index contributed by atoms with van der Waals surface area (Å²) in [5.74, 6) is -0.315. The predicted octanol–water partition coefficient (Wildman–Crippen LogP) is 2.27. The van der Waals surface area contributed by atoms with Crippen LogP contribution in [0.2, 0.25) is 0 Å². The molecule has 0 aromatic heterocycles. The highest BCUT2D eigenvalue weighted by molar-refractivity contribution is 14.1. The molecule has 18 heavy (non-hydrogen) atoms. The number of hydrogen-bond acceptors (Lipinski definition) is 2. The molecule has 0 bridgehead atoms. The van der Waals surface area contributed by atoms with Gasteiger partial charge in [0.25, 0.3) is 5.91 Å². The van der Waals surface area contributed by atoms with E-state index in [9.17, 15) is 9.18 Å². The van der Waals surface area contributed by atoms with Crippen LogP contribution in [0.5, 0.6) is 0 Å². The normalized spacial score (nSPS) is 18.6. The summed E-state index contributed by atoms with van der Waals surface area (Å²) in [5.41, 5.74) is 5.77. The second kappa shape index (κ2) is 6.68. The van der Waals surface area contributed by atoms with Crippen LogP contribution in [-0.4, -0.2) is 30.4 Å². The van der Waals surface area contributed by atoms with Crippen LogP contribution in [0, 0.1) is 15.3 Å². The Bertz CT molecular complexity index is 424. The topological polar surface area (TPSA) is 46.3 Å². The second-order valence-corrected chi connectivity index (χ2v) is 5.40. The number of halogens is 3. The van der Waals surface area contributed by atoms with Gasteiger partial charge in [-0.1, -0.05) is 6.07 Å². The van der Waals surface area contributed by atoms with Gasteiger partial charge >= 0.3 is 0 Å². The summed E-state index contributed by atoms with van der Waals surface area (Å²) in [6.45, 7) is 1.89. The van der Waals surface area contributed by atoms with Crippen LogP contribution in [0.15, 0.2) is 18.2 Å². The Morgan fingerprint density at radius 1 is 1.56 bits per heavy atom. The fraction of sp³-hybridized carbons (Fsp3) is 0.417. The zero-order valence-electron chi connectivity index (χ0n) is 9.73. The lowest BCUT2D eigenvalue weighted by Crippen LogP contribution is -2.31. The fourth-order valence-corrected chi connectivity index (χ4v) is 2.77. The van der Waals surface area contributed by atoms with Gasteiger partial charge in [0.15, 0.2) is 0 Å². The molecular weight excluding hydrogens is 369 g/mol. The summed E-state index contributed by atoms with van der Waals surface area (Å²) in [7, 11) is 0. The van der Waals surface area contributed by atoms with Crippen molar-refractivity contribution < 1.29 is 9.18 Å². The highest BCUT2D eigenvalue weighted by Gasteiger charge is 2.28. The van der Waals surface area contributed by atoms with Gasteiger partial charge in [0, 0.05) is 16.7 Å². The minimum Gasteiger partial charge on any atom is -0.338 e. The largest absolute Gasteiger partial charge is 0.338 e. The second-order valence-electron chi connectivity index (χ2n) is 4.24. The molecule has 1 heterocycles. The van der Waals surface area contributed by atoms with E-state index in [1.807, 2.05) is 22.6 Å². The van der Waals surface area contributed by atoms with Crippen molar-refractivity contribution >= 4 is 40.9 Å². The number of nitrogens with zero attached hydrogens (tertiary/aromatic N) is 1. The lowest BCUT2D eigenvalue weighted by molar-refractivity contribution is 0.0782. The van der Waals surface area contributed by atoms with E-state index in [2.05, 4.69) is 0 Å². The lowest BCUT2D eigenvalue weighted by atomic mass is 10.1. The highest BCUT2D eigenvalue weighted by atomic mass is 127. The average molecular weight is 385 g/mol. The third kappa shape index (κ3) is 3.13. The summed E-state index contributed by atoms with van der Waals surface area (Å²) < 4.78 is 14.3. The molecule has 1 aliphatic rings. The Balaban J connectivity index is 0.00000162. The van der Waals surface area contributed by atoms with Gasteiger partial charge in [-0.05, 0) is 53.6 Å². The molecule has 1 amide bonds. The first-order valence-electron chi connectivity index (χ1n) is 5.57. The molecule has 2 rings (SSSR count). The number of likely N-dealkylation sites (tertiary alicyclic amines) is 1. The summed E-state index contributed by atoms with van der Waals surface area (Å²) in [4.78, 5) is 13.9. The molecule has 0 saturated carbocycles. The van der Waals surface area contributed by atoms with E-state index >= 15 is 0 Å². The standard InChI is InChI=1S/C12H14FIN2O.ClH/c13-9-2-1-3-10(14)11(9)12(17)16-5-4-8(6-15)7-16;/h1-3,8H,4-7,15H2;1H. The van der Waals surface area contributed by atoms with Crippen molar-refractivity contribution in [1.29, 1.82) is 0 Å². The van der Waals surface area contributed by atoms with Crippen LogP contribution in [0.1, 0.15) is 16.8 Å². The van der Waals surface area contributed by atoms with Crippen LogP contribution in [0.3, 0.4) is 0 Å². The number of hydrogen-bond donors (Lipinski definition) is 1. The van der Waals surface area contributed by atoms with E-state index < -0.39 is 5.82 Å². The van der Waals surface area contributed by atoms with Crippen molar-refractivity contribution in [1.82, 2.24) is 4.90 Å². The summed E-state index contributed by atoms with van der Waals surface area (Å²) in [6.07, 6.45) is 0.910. The lowest BCUT2D eigenvalue weighted by Gasteiger charge is -2.17. The van der Waals surface area contributed by atoms with Crippen LogP contribution < -0.4 is 5.73 Å². The Labute approximate surface area is 125 Å². The maximum Gasteiger partial charge on any atom is 0.257 e. The molecule has 100 valence electrons. The van der Waals surface area contributed by atoms with E-state index in [1.165, 1.54) is 6.07 Å². The fourth-order valence-electron chi connectivity index (χ4n) is 2.07. The molecule has 0 radical (unpaired) electrons. The number of nitrogens with two attached hydrogens (primary N) is 1. The number of amides is 1. The van der Waals surface area contributed by atoms with Crippen LogP contribution in [0.4, 0.5) is 4.39 Å². The van der Waals surface area contributed by atoms with E-state index in [1.54, 1.807) is 17.0 Å². The van der Waals surface area contributed by atoms with E-state index in [0.29, 0.717) is 29.1 Å². The zero-order chi connectivity index (χ0) is 12.4. The van der Waals surface area contributed by atoms with Crippen molar-refractivity contribution in [2.24, 2.45) is 11.7 Å². The molecule has 1 fully saturated rings. The Hall–Kier alpha value is -0.400. The van der Waals surface area contributed by atoms with Gasteiger partial charge < -0.3 is 10.6 Å². The molecule has 1 atom stereocenters. The maximum absolute atomic E-state index is 13.7. The van der Waals surface area contributed by atoms with Crippen molar-refractivity contribution in [3.63, 3.8) is 0 Å². The molecule has 1 unspecified atom stereocenters. The van der Waals surface area contributed by atoms with E-state index in [-0.39, 0.29) is 23.9 Å². The minimum atomic E-state index is -0.446. The third-order valence-electron chi connectivity index (χ3n) is 3.08. The van der Waals surface area contributed by atoms with Crippen molar-refractivity contribution in [3.8, 4) is 0 Å². The Morgan fingerprint density at radius 2 is 2.28 bits per heavy atom. The van der Waals surface area contributed by atoms with Crippen LogP contribution in [0.25, 0.3) is 0 Å². The molecule has 1 aromatic rings. The smallest absolute Gasteiger partial charge is 0.257 e. The predicted molar refractivity (Wildman–Crippen MR) is 79.4 cm³/mol.